The summed E-state index contributed by atoms with van der Waals surface area (Å²) >= 11 is 1.34. The molecule has 3 aromatic rings. The van der Waals surface area contributed by atoms with Crippen LogP contribution >= 0.6 is 11.8 Å². The number of aromatic nitrogens is 1. The molecular weight excluding hydrogens is 1030 g/mol. The molecule has 77 heavy (non-hydrogen) atoms. The number of imide groups is 1. The monoisotopic (exact) mass is 1110 g/mol. The van der Waals surface area contributed by atoms with Crippen LogP contribution in [0.1, 0.15) is 76.6 Å². The molecular formula is C56H82F2N6O11SSi. The van der Waals surface area contributed by atoms with Crippen LogP contribution in [-0.4, -0.2) is 172 Å². The number of hydrogen-bond donors (Lipinski definition) is 3. The van der Waals surface area contributed by atoms with E-state index in [0.717, 1.165) is 35.9 Å². The van der Waals surface area contributed by atoms with Crippen LogP contribution in [0.3, 0.4) is 0 Å². The van der Waals surface area contributed by atoms with Crippen LogP contribution in [0.4, 0.5) is 13.6 Å². The van der Waals surface area contributed by atoms with Gasteiger partial charge in [-0.2, -0.15) is 11.8 Å². The molecule has 21 heteroatoms. The van der Waals surface area contributed by atoms with E-state index < -0.39 is 37.3 Å². The second-order valence-corrected chi connectivity index (χ2v) is 27.8. The van der Waals surface area contributed by atoms with Crippen molar-refractivity contribution in [3.05, 3.63) is 95.8 Å². The number of hydrogen-bond acceptors (Lipinski definition) is 11. The molecule has 0 unspecified atom stereocenters. The Morgan fingerprint density at radius 3 is 1.92 bits per heavy atom. The average molecular weight is 1110 g/mol. The molecule has 1 aliphatic rings. The average Bonchev–Trinajstić information content (AvgIpc) is 3.93. The first-order valence-corrected chi connectivity index (χ1v) is 31.5. The van der Waals surface area contributed by atoms with E-state index in [-0.39, 0.29) is 60.4 Å². The van der Waals surface area contributed by atoms with E-state index in [1.54, 1.807) is 11.1 Å². The van der Waals surface area contributed by atoms with E-state index in [9.17, 15) is 38.3 Å². The Bertz CT molecular complexity index is 2350. The lowest BCUT2D eigenvalue weighted by atomic mass is 9.83. The lowest BCUT2D eigenvalue weighted by molar-refractivity contribution is -0.137. The molecule has 0 radical (unpaired) electrons. The van der Waals surface area contributed by atoms with Crippen molar-refractivity contribution in [1.29, 1.82) is 0 Å². The number of carboxylic acid groups (broad SMARTS) is 1. The van der Waals surface area contributed by atoms with Crippen molar-refractivity contribution in [1.82, 2.24) is 29.9 Å². The molecule has 0 spiro atoms. The van der Waals surface area contributed by atoms with E-state index in [0.29, 0.717) is 123 Å². The van der Waals surface area contributed by atoms with Gasteiger partial charge in [0.2, 0.25) is 17.7 Å². The molecule has 3 N–H and O–H groups in total. The summed E-state index contributed by atoms with van der Waals surface area (Å²) in [6.45, 7) is 17.8. The molecule has 0 aliphatic carbocycles. The molecule has 6 amide bonds. The Labute approximate surface area is 458 Å². The minimum atomic E-state index is -1.55. The number of rotatable bonds is 38. The largest absolute Gasteiger partial charge is 0.465 e. The van der Waals surface area contributed by atoms with Gasteiger partial charge in [0.15, 0.2) is 0 Å². The summed E-state index contributed by atoms with van der Waals surface area (Å²) in [4.78, 5) is 79.3. The third kappa shape index (κ3) is 24.4. The topological polar surface area (TPSA) is 198 Å². The van der Waals surface area contributed by atoms with Crippen molar-refractivity contribution in [2.45, 2.75) is 97.6 Å². The first kappa shape index (κ1) is 64.1. The number of carbonyl (C=O) groups excluding carboxylic acids is 5. The maximum Gasteiger partial charge on any atom is 0.407 e. The Balaban J connectivity index is 1.17. The summed E-state index contributed by atoms with van der Waals surface area (Å²) in [5.41, 5.74) is 1.68. The number of benzene rings is 2. The van der Waals surface area contributed by atoms with Crippen molar-refractivity contribution in [2.75, 3.05) is 104 Å². The van der Waals surface area contributed by atoms with Crippen LogP contribution in [0, 0.1) is 17.0 Å². The van der Waals surface area contributed by atoms with Gasteiger partial charge < -0.3 is 49.1 Å². The second kappa shape index (κ2) is 33.8. The predicted octanol–water partition coefficient (Wildman–Crippen LogP) is 8.01. The fourth-order valence-electron chi connectivity index (χ4n) is 8.47. The third-order valence-electron chi connectivity index (χ3n) is 12.5. The van der Waals surface area contributed by atoms with Crippen LogP contribution in [0.5, 0.6) is 0 Å². The number of halogens is 2. The summed E-state index contributed by atoms with van der Waals surface area (Å²) in [5, 5.41) is 15.8. The standard InChI is InChI=1S/C56H82F2N6O11SSi/c1-56(2,3)54(48-38-44(46-39-45(57)17-18-47(46)58)41-62(48)40-43-14-9-7-10-15-43)64(26-13-24-61(55(70)71)27-37-77(4,5)6)53(69)42-76-36-21-50(66)60-23-29-73-31-33-75-35-34-74-32-30-72-28-22-59-49(65)16-11-8-12-25-63-51(67)19-20-52(63)68/h7,9-10,14-15,17-20,38-39,41,54H,8,11-13,16,21-37,40,42H2,1-6H3,(H,59,65)(H,60,66)(H,70,71)/t54-/m0/s1. The quantitative estimate of drug-likeness (QED) is 0.0284. The molecule has 0 saturated heterocycles. The summed E-state index contributed by atoms with van der Waals surface area (Å²) in [5.74, 6) is -1.75. The molecule has 1 aliphatic heterocycles. The van der Waals surface area contributed by atoms with Crippen molar-refractivity contribution in [3.8, 4) is 11.1 Å². The first-order chi connectivity index (χ1) is 36.7. The van der Waals surface area contributed by atoms with Gasteiger partial charge in [-0.25, -0.2) is 13.6 Å². The van der Waals surface area contributed by atoms with Crippen LogP contribution in [-0.2, 0) is 49.5 Å². The number of carbonyl (C=O) groups is 6. The Morgan fingerprint density at radius 2 is 1.34 bits per heavy atom. The molecule has 2 heterocycles. The highest BCUT2D eigenvalue weighted by molar-refractivity contribution is 7.99. The van der Waals surface area contributed by atoms with Gasteiger partial charge in [0.25, 0.3) is 11.8 Å². The molecule has 1 atom stereocenters. The summed E-state index contributed by atoms with van der Waals surface area (Å²) in [6, 6.07) is 15.1. The second-order valence-electron chi connectivity index (χ2n) is 21.1. The summed E-state index contributed by atoms with van der Waals surface area (Å²) in [6.07, 6.45) is 6.29. The van der Waals surface area contributed by atoms with Crippen molar-refractivity contribution >= 4 is 55.5 Å². The zero-order chi connectivity index (χ0) is 56.2. The number of ether oxygens (including phenoxy) is 4. The fraction of sp³-hybridized carbons (Fsp3) is 0.571. The highest BCUT2D eigenvalue weighted by Crippen LogP contribution is 2.41. The maximum atomic E-state index is 15.3. The van der Waals surface area contributed by atoms with Gasteiger partial charge in [0.1, 0.15) is 11.6 Å². The zero-order valence-electron chi connectivity index (χ0n) is 46.0. The van der Waals surface area contributed by atoms with Crippen LogP contribution < -0.4 is 10.6 Å². The molecule has 0 fully saturated rings. The molecule has 0 saturated carbocycles. The first-order valence-electron chi connectivity index (χ1n) is 26.7. The van der Waals surface area contributed by atoms with E-state index >= 15 is 4.39 Å². The lowest BCUT2D eigenvalue weighted by Crippen LogP contribution is -2.44. The molecule has 1 aromatic heterocycles. The third-order valence-corrected chi connectivity index (χ3v) is 15.1. The van der Waals surface area contributed by atoms with Gasteiger partial charge in [-0.05, 0) is 60.6 Å². The minimum Gasteiger partial charge on any atom is -0.465 e. The number of nitrogens with one attached hydrogen (secondary N) is 2. The van der Waals surface area contributed by atoms with Gasteiger partial charge in [0, 0.05) is 108 Å². The summed E-state index contributed by atoms with van der Waals surface area (Å²) in [7, 11) is -1.55. The van der Waals surface area contributed by atoms with Gasteiger partial charge in [-0.1, -0.05) is 77.2 Å². The fourth-order valence-corrected chi connectivity index (χ4v) is 10.2. The van der Waals surface area contributed by atoms with E-state index in [2.05, 4.69) is 30.3 Å². The van der Waals surface area contributed by atoms with Crippen molar-refractivity contribution in [2.24, 2.45) is 5.41 Å². The van der Waals surface area contributed by atoms with Gasteiger partial charge >= 0.3 is 6.09 Å². The number of thioether (sulfide) groups is 1. The van der Waals surface area contributed by atoms with Crippen molar-refractivity contribution in [3.63, 3.8) is 0 Å². The van der Waals surface area contributed by atoms with Gasteiger partial charge in [-0.15, -0.1) is 0 Å². The number of nitrogens with zero attached hydrogens (tertiary/aromatic N) is 4. The highest BCUT2D eigenvalue weighted by atomic mass is 32.2. The van der Waals surface area contributed by atoms with E-state index in [1.807, 2.05) is 61.7 Å². The smallest absolute Gasteiger partial charge is 0.407 e. The van der Waals surface area contributed by atoms with Crippen LogP contribution in [0.2, 0.25) is 25.7 Å². The van der Waals surface area contributed by atoms with Gasteiger partial charge in [-0.3, -0.25) is 28.9 Å². The van der Waals surface area contributed by atoms with Crippen LogP contribution in [0.25, 0.3) is 11.1 Å². The highest BCUT2D eigenvalue weighted by Gasteiger charge is 2.37. The van der Waals surface area contributed by atoms with Crippen LogP contribution in [0.15, 0.2) is 72.9 Å². The lowest BCUT2D eigenvalue weighted by Gasteiger charge is -2.41. The molecule has 17 nitrogen and oxygen atoms in total. The maximum absolute atomic E-state index is 15.3. The van der Waals surface area contributed by atoms with Crippen molar-refractivity contribution < 1.29 is 61.6 Å². The molecule has 2 aromatic carbocycles. The van der Waals surface area contributed by atoms with Gasteiger partial charge in [0.05, 0.1) is 64.6 Å². The SMILES string of the molecule is CC(C)(C)[C@H](c1cc(-c2cc(F)ccc2F)cn1Cc1ccccc1)N(CCCN(CC[Si](C)(C)C)C(=O)O)C(=O)CSCCC(=O)NCCOCCOCCOCCOCCNC(=O)CCCCCN1C(=O)C=CC1=O. The number of amides is 6. The Kier molecular flexibility index (Phi) is 28.1. The zero-order valence-corrected chi connectivity index (χ0v) is 47.8. The van der Waals surface area contributed by atoms with E-state index in [4.69, 9.17) is 18.9 Å². The number of unbranched alkanes of at least 4 members (excludes halogenated alkanes) is 2. The normalized spacial score (nSPS) is 13.1. The molecule has 426 valence electrons. The molecule has 4 rings (SSSR count). The Morgan fingerprint density at radius 1 is 0.740 bits per heavy atom. The minimum absolute atomic E-state index is 0.0608. The summed E-state index contributed by atoms with van der Waals surface area (Å²) < 4.78 is 54.1. The molecule has 0 bridgehead atoms. The Hall–Kier alpha value is -5.45. The van der Waals surface area contributed by atoms with E-state index in [1.165, 1.54) is 39.8 Å². The predicted molar refractivity (Wildman–Crippen MR) is 297 cm³/mol.